The van der Waals surface area contributed by atoms with Crippen molar-refractivity contribution in [1.29, 1.82) is 0 Å². The van der Waals surface area contributed by atoms with Crippen LogP contribution in [0.2, 0.25) is 0 Å². The van der Waals surface area contributed by atoms with Gasteiger partial charge in [-0.05, 0) is 42.3 Å². The molecule has 4 heteroatoms. The average Bonchev–Trinajstić information content (AvgIpc) is 2.44. The van der Waals surface area contributed by atoms with Crippen LogP contribution in [0.1, 0.15) is 24.1 Å². The molecule has 106 valence electrons. The van der Waals surface area contributed by atoms with Gasteiger partial charge in [0.25, 0.3) is 0 Å². The Labute approximate surface area is 126 Å². The molecule has 0 fully saturated rings. The molecule has 1 N–H and O–H groups in total. The van der Waals surface area contributed by atoms with Gasteiger partial charge in [0.15, 0.2) is 11.6 Å². The first-order valence-electron chi connectivity index (χ1n) is 6.53. The predicted octanol–water partition coefficient (Wildman–Crippen LogP) is 4.62. The Morgan fingerprint density at radius 2 is 1.85 bits per heavy atom. The van der Waals surface area contributed by atoms with E-state index < -0.39 is 11.6 Å². The summed E-state index contributed by atoms with van der Waals surface area (Å²) in [4.78, 5) is 0. The van der Waals surface area contributed by atoms with Crippen LogP contribution >= 0.6 is 15.9 Å². The number of likely N-dealkylation sites (N-methyl/N-ethyl adjacent to an activating group) is 1. The van der Waals surface area contributed by atoms with Crippen molar-refractivity contribution in [3.05, 3.63) is 69.7 Å². The molecule has 0 aliphatic rings. The molecule has 1 unspecified atom stereocenters. The van der Waals surface area contributed by atoms with E-state index in [0.29, 0.717) is 6.42 Å². The van der Waals surface area contributed by atoms with Crippen LogP contribution in [0, 0.1) is 11.6 Å². The zero-order valence-corrected chi connectivity index (χ0v) is 12.8. The van der Waals surface area contributed by atoms with Gasteiger partial charge in [-0.1, -0.05) is 47.1 Å². The van der Waals surface area contributed by atoms with E-state index in [1.54, 1.807) is 6.07 Å². The van der Waals surface area contributed by atoms with Crippen LogP contribution < -0.4 is 5.32 Å². The minimum absolute atomic E-state index is 0.0474. The van der Waals surface area contributed by atoms with E-state index in [4.69, 9.17) is 0 Å². The largest absolute Gasteiger partial charge is 0.310 e. The second kappa shape index (κ2) is 6.95. The summed E-state index contributed by atoms with van der Waals surface area (Å²) >= 11 is 3.51. The maximum absolute atomic E-state index is 13.4. The van der Waals surface area contributed by atoms with Crippen molar-refractivity contribution in [3.8, 4) is 0 Å². The lowest BCUT2D eigenvalue weighted by atomic mass is 9.98. The van der Waals surface area contributed by atoms with Gasteiger partial charge in [0.05, 0.1) is 0 Å². The van der Waals surface area contributed by atoms with Crippen LogP contribution in [0.5, 0.6) is 0 Å². The summed E-state index contributed by atoms with van der Waals surface area (Å²) in [7, 11) is 0. The lowest BCUT2D eigenvalue weighted by molar-refractivity contribution is 0.497. The van der Waals surface area contributed by atoms with Gasteiger partial charge in [-0.25, -0.2) is 8.78 Å². The van der Waals surface area contributed by atoms with Gasteiger partial charge < -0.3 is 5.32 Å². The van der Waals surface area contributed by atoms with Gasteiger partial charge in [0.2, 0.25) is 0 Å². The molecule has 0 spiro atoms. The predicted molar refractivity (Wildman–Crippen MR) is 80.6 cm³/mol. The van der Waals surface area contributed by atoms with E-state index in [2.05, 4.69) is 21.2 Å². The fraction of sp³-hybridized carbons (Fsp3) is 0.250. The maximum Gasteiger partial charge on any atom is 0.159 e. The molecular weight excluding hydrogens is 324 g/mol. The third-order valence-corrected chi connectivity index (χ3v) is 3.95. The molecule has 0 heterocycles. The van der Waals surface area contributed by atoms with Crippen molar-refractivity contribution in [3.63, 3.8) is 0 Å². The summed E-state index contributed by atoms with van der Waals surface area (Å²) in [5, 5.41) is 3.31. The number of rotatable bonds is 5. The summed E-state index contributed by atoms with van der Waals surface area (Å²) in [5.74, 6) is -1.62. The zero-order chi connectivity index (χ0) is 14.5. The van der Waals surface area contributed by atoms with Crippen molar-refractivity contribution in [2.24, 2.45) is 0 Å². The molecule has 0 saturated carbocycles. The molecule has 0 aliphatic heterocycles. The Morgan fingerprint density at radius 3 is 2.50 bits per heavy atom. The van der Waals surface area contributed by atoms with Crippen molar-refractivity contribution in [1.82, 2.24) is 5.32 Å². The van der Waals surface area contributed by atoms with Crippen LogP contribution in [0.3, 0.4) is 0 Å². The highest BCUT2D eigenvalue weighted by Gasteiger charge is 2.14. The van der Waals surface area contributed by atoms with E-state index >= 15 is 0 Å². The molecular formula is C16H16BrF2N. The maximum atomic E-state index is 13.4. The number of nitrogens with one attached hydrogen (secondary N) is 1. The molecule has 1 atom stereocenters. The van der Waals surface area contributed by atoms with Crippen molar-refractivity contribution >= 4 is 15.9 Å². The van der Waals surface area contributed by atoms with Crippen molar-refractivity contribution in [2.75, 3.05) is 6.54 Å². The molecule has 0 bridgehead atoms. The number of hydrogen-bond acceptors (Lipinski definition) is 1. The molecule has 0 aromatic heterocycles. The zero-order valence-electron chi connectivity index (χ0n) is 11.2. The number of halogens is 3. The Bertz CT molecular complexity index is 586. The Balaban J connectivity index is 2.27. The second-order valence-electron chi connectivity index (χ2n) is 4.58. The smallest absolute Gasteiger partial charge is 0.159 e. The van der Waals surface area contributed by atoms with E-state index in [-0.39, 0.29) is 6.04 Å². The lowest BCUT2D eigenvalue weighted by Gasteiger charge is -2.19. The second-order valence-corrected chi connectivity index (χ2v) is 5.43. The van der Waals surface area contributed by atoms with Gasteiger partial charge >= 0.3 is 0 Å². The van der Waals surface area contributed by atoms with E-state index in [1.165, 1.54) is 12.1 Å². The van der Waals surface area contributed by atoms with Crippen LogP contribution in [-0.2, 0) is 6.42 Å². The van der Waals surface area contributed by atoms with E-state index in [0.717, 1.165) is 22.1 Å². The van der Waals surface area contributed by atoms with Crippen LogP contribution in [-0.4, -0.2) is 6.54 Å². The third kappa shape index (κ3) is 3.64. The third-order valence-electron chi connectivity index (χ3n) is 3.18. The minimum Gasteiger partial charge on any atom is -0.310 e. The topological polar surface area (TPSA) is 12.0 Å². The highest BCUT2D eigenvalue weighted by molar-refractivity contribution is 9.10. The number of hydrogen-bond donors (Lipinski definition) is 1. The molecule has 1 nitrogen and oxygen atoms in total. The molecule has 0 saturated heterocycles. The van der Waals surface area contributed by atoms with Crippen LogP contribution in [0.4, 0.5) is 8.78 Å². The minimum atomic E-state index is -0.815. The Hall–Kier alpha value is -1.26. The average molecular weight is 340 g/mol. The van der Waals surface area contributed by atoms with Crippen molar-refractivity contribution in [2.45, 2.75) is 19.4 Å². The van der Waals surface area contributed by atoms with Gasteiger partial charge in [0.1, 0.15) is 0 Å². The lowest BCUT2D eigenvalue weighted by Crippen LogP contribution is -2.23. The standard InChI is InChI=1S/C16H16BrF2N/c1-2-20-16(10-11-5-3-4-6-13(11)17)12-7-8-14(18)15(19)9-12/h3-9,16,20H,2,10H2,1H3. The highest BCUT2D eigenvalue weighted by atomic mass is 79.9. The molecule has 2 rings (SSSR count). The molecule has 20 heavy (non-hydrogen) atoms. The van der Waals surface area contributed by atoms with Gasteiger partial charge in [-0.15, -0.1) is 0 Å². The number of benzene rings is 2. The Kier molecular flexibility index (Phi) is 5.26. The van der Waals surface area contributed by atoms with Gasteiger partial charge in [-0.2, -0.15) is 0 Å². The summed E-state index contributed by atoms with van der Waals surface area (Å²) < 4.78 is 27.4. The molecule has 0 amide bonds. The SMILES string of the molecule is CCNC(Cc1ccccc1Br)c1ccc(F)c(F)c1. The van der Waals surface area contributed by atoms with E-state index in [9.17, 15) is 8.78 Å². The van der Waals surface area contributed by atoms with E-state index in [1.807, 2.05) is 31.2 Å². The highest BCUT2D eigenvalue weighted by Crippen LogP contribution is 2.24. The molecule has 2 aromatic carbocycles. The van der Waals surface area contributed by atoms with Crippen LogP contribution in [0.15, 0.2) is 46.9 Å². The first-order chi connectivity index (χ1) is 9.61. The fourth-order valence-corrected chi connectivity index (χ4v) is 2.61. The first-order valence-corrected chi connectivity index (χ1v) is 7.33. The normalized spacial score (nSPS) is 12.4. The first kappa shape index (κ1) is 15.1. The molecule has 2 aromatic rings. The summed E-state index contributed by atoms with van der Waals surface area (Å²) in [5.41, 5.74) is 1.88. The monoisotopic (exact) mass is 339 g/mol. The summed E-state index contributed by atoms with van der Waals surface area (Å²) in [6.45, 7) is 2.75. The van der Waals surface area contributed by atoms with Crippen LogP contribution in [0.25, 0.3) is 0 Å². The fourth-order valence-electron chi connectivity index (χ4n) is 2.17. The van der Waals surface area contributed by atoms with Gasteiger partial charge in [-0.3, -0.25) is 0 Å². The van der Waals surface area contributed by atoms with Crippen molar-refractivity contribution < 1.29 is 8.78 Å². The quantitative estimate of drug-likeness (QED) is 0.837. The summed E-state index contributed by atoms with van der Waals surface area (Å²) in [6, 6.07) is 11.9. The Morgan fingerprint density at radius 1 is 1.10 bits per heavy atom. The summed E-state index contributed by atoms with van der Waals surface area (Å²) in [6.07, 6.45) is 0.709. The molecule has 0 aliphatic carbocycles. The molecule has 0 radical (unpaired) electrons. The van der Waals surface area contributed by atoms with Gasteiger partial charge in [0, 0.05) is 10.5 Å².